The largest absolute Gasteiger partial charge is 0.348 e. The molecule has 5 atom stereocenters. The van der Waals surface area contributed by atoms with Crippen LogP contribution in [0, 0.1) is 17.8 Å². The molecule has 3 N–H and O–H groups in total. The van der Waals surface area contributed by atoms with Gasteiger partial charge in [-0.25, -0.2) is 0 Å². The summed E-state index contributed by atoms with van der Waals surface area (Å²) in [6.07, 6.45) is 11.0. The molecule has 5 unspecified atom stereocenters. The minimum atomic E-state index is 0.0267. The summed E-state index contributed by atoms with van der Waals surface area (Å²) in [4.78, 5) is 16.9. The van der Waals surface area contributed by atoms with Crippen molar-refractivity contribution in [1.29, 1.82) is 0 Å². The van der Waals surface area contributed by atoms with Gasteiger partial charge in [-0.2, -0.15) is 0 Å². The lowest BCUT2D eigenvalue weighted by molar-refractivity contribution is -0.118. The first-order valence-electron chi connectivity index (χ1n) is 8.85. The van der Waals surface area contributed by atoms with Crippen molar-refractivity contribution >= 4 is 11.6 Å². The number of carbonyl (C=O) groups is 1. The van der Waals surface area contributed by atoms with Crippen LogP contribution in [-0.2, 0) is 4.79 Å². The average molecular weight is 301 g/mol. The van der Waals surface area contributed by atoms with E-state index in [2.05, 4.69) is 10.3 Å². The predicted molar refractivity (Wildman–Crippen MR) is 87.4 cm³/mol. The molecule has 4 rings (SSSR count). The lowest BCUT2D eigenvalue weighted by Crippen LogP contribution is -2.45. The molecule has 1 heterocycles. The third kappa shape index (κ3) is 2.62. The van der Waals surface area contributed by atoms with E-state index in [1.807, 2.05) is 13.0 Å². The second kappa shape index (κ2) is 5.19. The van der Waals surface area contributed by atoms with Gasteiger partial charge in [0.05, 0.1) is 0 Å². The minimum Gasteiger partial charge on any atom is -0.348 e. The molecule has 0 aromatic rings. The summed E-state index contributed by atoms with van der Waals surface area (Å²) >= 11 is 0. The van der Waals surface area contributed by atoms with E-state index < -0.39 is 0 Å². The summed E-state index contributed by atoms with van der Waals surface area (Å²) in [6.45, 7) is 2.00. The van der Waals surface area contributed by atoms with Crippen LogP contribution in [0.15, 0.2) is 16.8 Å². The number of rotatable bonds is 2. The molecule has 3 bridgehead atoms. The standard InChI is InChI=1S/C18H27N3O/c1-11-3-2-4-16(20-11)17(22)21-15-6-12-5-13-9-18(19,8-12)10-14(13)7-15/h4,12-15H,2-3,5-10,19H2,1H3,(H,21,22). The number of allylic oxidation sites excluding steroid dienone is 1. The van der Waals surface area contributed by atoms with E-state index in [-0.39, 0.29) is 11.4 Å². The smallest absolute Gasteiger partial charge is 0.269 e. The number of amides is 1. The van der Waals surface area contributed by atoms with Gasteiger partial charge in [-0.15, -0.1) is 0 Å². The molecule has 4 nitrogen and oxygen atoms in total. The van der Waals surface area contributed by atoms with Crippen LogP contribution in [-0.4, -0.2) is 23.2 Å². The summed E-state index contributed by atoms with van der Waals surface area (Å²) in [6, 6.07) is 0.313. The lowest BCUT2D eigenvalue weighted by Gasteiger charge is -2.36. The minimum absolute atomic E-state index is 0.0267. The fraction of sp³-hybridized carbons (Fsp3) is 0.778. The molecule has 1 amide bonds. The number of aliphatic imine (C=N–C) groups is 1. The van der Waals surface area contributed by atoms with Crippen LogP contribution in [0.3, 0.4) is 0 Å². The highest BCUT2D eigenvalue weighted by atomic mass is 16.2. The van der Waals surface area contributed by atoms with E-state index in [4.69, 9.17) is 5.73 Å². The van der Waals surface area contributed by atoms with Gasteiger partial charge in [0, 0.05) is 17.3 Å². The molecule has 0 saturated heterocycles. The van der Waals surface area contributed by atoms with Crippen LogP contribution in [0.4, 0.5) is 0 Å². The maximum Gasteiger partial charge on any atom is 0.269 e. The Morgan fingerprint density at radius 3 is 2.82 bits per heavy atom. The predicted octanol–water partition coefficient (Wildman–Crippen LogP) is 2.54. The maximum atomic E-state index is 12.5. The van der Waals surface area contributed by atoms with Crippen LogP contribution in [0.1, 0.15) is 58.3 Å². The molecule has 0 aromatic heterocycles. The number of nitrogens with one attached hydrogen (secondary N) is 1. The van der Waals surface area contributed by atoms with E-state index in [1.165, 1.54) is 19.3 Å². The van der Waals surface area contributed by atoms with Crippen LogP contribution in [0.5, 0.6) is 0 Å². The van der Waals surface area contributed by atoms with Crippen molar-refractivity contribution in [3.8, 4) is 0 Å². The zero-order valence-electron chi connectivity index (χ0n) is 13.5. The van der Waals surface area contributed by atoms with Gasteiger partial charge >= 0.3 is 0 Å². The molecule has 120 valence electrons. The van der Waals surface area contributed by atoms with Gasteiger partial charge in [-0.1, -0.05) is 6.08 Å². The zero-order valence-corrected chi connectivity index (χ0v) is 13.5. The lowest BCUT2D eigenvalue weighted by atomic mass is 9.75. The third-order valence-corrected chi connectivity index (χ3v) is 6.26. The molecule has 4 aliphatic rings. The zero-order chi connectivity index (χ0) is 15.3. The molecular weight excluding hydrogens is 274 g/mol. The molecule has 1 aliphatic heterocycles. The quantitative estimate of drug-likeness (QED) is 0.823. The Kier molecular flexibility index (Phi) is 3.40. The first-order chi connectivity index (χ1) is 10.5. The summed E-state index contributed by atoms with van der Waals surface area (Å²) in [5.41, 5.74) is 8.36. The SMILES string of the molecule is CC1=NC(C(=O)NC2CC3CC4CC(N)(C3)CC4C2)=CCC1. The van der Waals surface area contributed by atoms with Crippen molar-refractivity contribution in [2.24, 2.45) is 28.5 Å². The molecule has 0 spiro atoms. The number of fused-ring (bicyclic) bond motifs is 2. The Bertz CT molecular complexity index is 549. The topological polar surface area (TPSA) is 67.5 Å². The van der Waals surface area contributed by atoms with Gasteiger partial charge in [-0.3, -0.25) is 9.79 Å². The summed E-state index contributed by atoms with van der Waals surface area (Å²) < 4.78 is 0. The Balaban J connectivity index is 1.44. The maximum absolute atomic E-state index is 12.5. The number of hydrogen-bond donors (Lipinski definition) is 2. The number of nitrogens with two attached hydrogens (primary N) is 1. The van der Waals surface area contributed by atoms with Crippen LogP contribution in [0.25, 0.3) is 0 Å². The monoisotopic (exact) mass is 301 g/mol. The van der Waals surface area contributed by atoms with Crippen molar-refractivity contribution in [1.82, 2.24) is 5.32 Å². The second-order valence-corrected chi connectivity index (χ2v) is 8.21. The van der Waals surface area contributed by atoms with Gasteiger partial charge in [-0.05, 0) is 76.0 Å². The van der Waals surface area contributed by atoms with Crippen molar-refractivity contribution in [3.05, 3.63) is 11.8 Å². The van der Waals surface area contributed by atoms with Crippen LogP contribution < -0.4 is 11.1 Å². The van der Waals surface area contributed by atoms with E-state index >= 15 is 0 Å². The molecule has 22 heavy (non-hydrogen) atoms. The fourth-order valence-electron chi connectivity index (χ4n) is 5.55. The summed E-state index contributed by atoms with van der Waals surface area (Å²) in [5, 5.41) is 3.27. The van der Waals surface area contributed by atoms with Gasteiger partial charge in [0.25, 0.3) is 5.91 Å². The normalized spacial score (nSPS) is 43.4. The van der Waals surface area contributed by atoms with E-state index in [0.29, 0.717) is 23.6 Å². The van der Waals surface area contributed by atoms with Gasteiger partial charge in [0.2, 0.25) is 0 Å². The van der Waals surface area contributed by atoms with Gasteiger partial charge in [0.1, 0.15) is 5.70 Å². The van der Waals surface area contributed by atoms with Crippen molar-refractivity contribution in [3.63, 3.8) is 0 Å². The molecule has 0 aromatic carbocycles. The van der Waals surface area contributed by atoms with Crippen molar-refractivity contribution in [2.45, 2.75) is 69.9 Å². The molecule has 3 aliphatic carbocycles. The molecule has 4 heteroatoms. The second-order valence-electron chi connectivity index (χ2n) is 8.21. The Labute approximate surface area is 132 Å². The van der Waals surface area contributed by atoms with Crippen LogP contribution in [0.2, 0.25) is 0 Å². The first kappa shape index (κ1) is 14.4. The van der Waals surface area contributed by atoms with E-state index in [0.717, 1.165) is 43.7 Å². The highest BCUT2D eigenvalue weighted by Gasteiger charge is 2.51. The molecule has 3 saturated carbocycles. The Morgan fingerprint density at radius 1 is 1.27 bits per heavy atom. The van der Waals surface area contributed by atoms with Gasteiger partial charge < -0.3 is 11.1 Å². The highest BCUT2D eigenvalue weighted by Crippen LogP contribution is 2.54. The van der Waals surface area contributed by atoms with E-state index in [9.17, 15) is 4.79 Å². The number of hydrogen-bond acceptors (Lipinski definition) is 3. The first-order valence-corrected chi connectivity index (χ1v) is 8.85. The van der Waals surface area contributed by atoms with Crippen LogP contribution >= 0.6 is 0 Å². The highest BCUT2D eigenvalue weighted by molar-refractivity contribution is 5.98. The fourth-order valence-corrected chi connectivity index (χ4v) is 5.55. The van der Waals surface area contributed by atoms with E-state index in [1.54, 1.807) is 0 Å². The molecule has 0 radical (unpaired) electrons. The van der Waals surface area contributed by atoms with Gasteiger partial charge in [0.15, 0.2) is 0 Å². The molecular formula is C18H27N3O. The average Bonchev–Trinajstić information content (AvgIpc) is 2.59. The Hall–Kier alpha value is -1.16. The molecule has 3 fully saturated rings. The summed E-state index contributed by atoms with van der Waals surface area (Å²) in [7, 11) is 0. The Morgan fingerprint density at radius 2 is 2.05 bits per heavy atom. The number of carbonyl (C=O) groups excluding carboxylic acids is 1. The van der Waals surface area contributed by atoms with Crippen molar-refractivity contribution in [2.75, 3.05) is 0 Å². The number of nitrogens with zero attached hydrogens (tertiary/aromatic N) is 1. The summed E-state index contributed by atoms with van der Waals surface area (Å²) in [5.74, 6) is 2.25. The third-order valence-electron chi connectivity index (χ3n) is 6.26. The van der Waals surface area contributed by atoms with Crippen molar-refractivity contribution < 1.29 is 4.79 Å².